The monoisotopic (exact) mass is 511 g/mol. The third-order valence-corrected chi connectivity index (χ3v) is 4.40. The average Bonchev–Trinajstić information content (AvgIpc) is 3.18. The van der Waals surface area contributed by atoms with E-state index in [0.717, 1.165) is 12.0 Å². The Morgan fingerprint density at radius 3 is 2.39 bits per heavy atom. The van der Waals surface area contributed by atoms with E-state index >= 15 is 0 Å². The molecule has 0 unspecified atom stereocenters. The van der Waals surface area contributed by atoms with Crippen molar-refractivity contribution in [1.82, 2.24) is 20.8 Å². The van der Waals surface area contributed by atoms with Gasteiger partial charge in [-0.2, -0.15) is 4.98 Å². The summed E-state index contributed by atoms with van der Waals surface area (Å²) in [6.07, 6.45) is 0.999. The second kappa shape index (κ2) is 11.0. The van der Waals surface area contributed by atoms with Crippen LogP contribution in [0, 0.1) is 0 Å². The van der Waals surface area contributed by atoms with E-state index in [1.807, 2.05) is 18.2 Å². The first kappa shape index (κ1) is 22.2. The summed E-state index contributed by atoms with van der Waals surface area (Å²) in [5.41, 5.74) is 3.43. The SMILES string of the molecule is CCc1ccccc1CNC(=NC)NCc1nc(-c2ccc(Cl)cc2)no1.I. The molecule has 0 saturated heterocycles. The molecule has 8 heteroatoms. The summed E-state index contributed by atoms with van der Waals surface area (Å²) < 4.78 is 5.30. The molecule has 0 aliphatic rings. The van der Waals surface area contributed by atoms with Gasteiger partial charge < -0.3 is 15.2 Å². The molecule has 0 fully saturated rings. The zero-order valence-corrected chi connectivity index (χ0v) is 18.9. The summed E-state index contributed by atoms with van der Waals surface area (Å²) in [5, 5.41) is 11.2. The van der Waals surface area contributed by atoms with Crippen LogP contribution >= 0.6 is 35.6 Å². The number of hydrogen-bond acceptors (Lipinski definition) is 4. The van der Waals surface area contributed by atoms with Crippen molar-refractivity contribution in [1.29, 1.82) is 0 Å². The van der Waals surface area contributed by atoms with Crippen molar-refractivity contribution in [2.24, 2.45) is 4.99 Å². The second-order valence-electron chi connectivity index (χ2n) is 5.92. The Morgan fingerprint density at radius 2 is 1.71 bits per heavy atom. The third kappa shape index (κ3) is 5.93. The van der Waals surface area contributed by atoms with Crippen molar-refractivity contribution in [3.63, 3.8) is 0 Å². The van der Waals surface area contributed by atoms with E-state index in [9.17, 15) is 0 Å². The van der Waals surface area contributed by atoms with Crippen molar-refractivity contribution in [2.75, 3.05) is 7.05 Å². The predicted octanol–water partition coefficient (Wildman–Crippen LogP) is 4.44. The quantitative estimate of drug-likeness (QED) is 0.291. The lowest BCUT2D eigenvalue weighted by atomic mass is 10.1. The molecule has 0 aliphatic carbocycles. The van der Waals surface area contributed by atoms with Gasteiger partial charge in [0.2, 0.25) is 11.7 Å². The molecule has 0 atom stereocenters. The van der Waals surface area contributed by atoms with Gasteiger partial charge in [-0.05, 0) is 41.8 Å². The number of benzene rings is 2. The molecule has 1 heterocycles. The minimum atomic E-state index is 0. The van der Waals surface area contributed by atoms with E-state index < -0.39 is 0 Å². The molecule has 0 radical (unpaired) electrons. The zero-order chi connectivity index (χ0) is 19.1. The van der Waals surface area contributed by atoms with Crippen LogP contribution in [0.4, 0.5) is 0 Å². The van der Waals surface area contributed by atoms with Crippen LogP contribution in [-0.4, -0.2) is 23.1 Å². The summed E-state index contributed by atoms with van der Waals surface area (Å²) in [6, 6.07) is 15.7. The lowest BCUT2D eigenvalue weighted by molar-refractivity contribution is 0.375. The maximum atomic E-state index is 5.90. The van der Waals surface area contributed by atoms with Gasteiger partial charge in [0.25, 0.3) is 0 Å². The minimum Gasteiger partial charge on any atom is -0.352 e. The number of nitrogens with zero attached hydrogens (tertiary/aromatic N) is 3. The zero-order valence-electron chi connectivity index (χ0n) is 15.8. The molecular weight excluding hydrogens is 489 g/mol. The van der Waals surface area contributed by atoms with Crippen LogP contribution < -0.4 is 10.6 Å². The van der Waals surface area contributed by atoms with Crippen molar-refractivity contribution >= 4 is 41.5 Å². The van der Waals surface area contributed by atoms with Gasteiger partial charge in [0, 0.05) is 24.2 Å². The van der Waals surface area contributed by atoms with Gasteiger partial charge in [-0.25, -0.2) is 0 Å². The molecule has 0 amide bonds. The Hall–Kier alpha value is -2.13. The summed E-state index contributed by atoms with van der Waals surface area (Å²) in [4.78, 5) is 8.63. The fourth-order valence-corrected chi connectivity index (χ4v) is 2.80. The van der Waals surface area contributed by atoms with E-state index in [4.69, 9.17) is 16.1 Å². The van der Waals surface area contributed by atoms with E-state index in [1.165, 1.54) is 11.1 Å². The number of halogens is 2. The summed E-state index contributed by atoms with van der Waals surface area (Å²) in [7, 11) is 1.73. The van der Waals surface area contributed by atoms with Crippen molar-refractivity contribution in [3.8, 4) is 11.4 Å². The van der Waals surface area contributed by atoms with Gasteiger partial charge in [-0.3, -0.25) is 4.99 Å². The second-order valence-corrected chi connectivity index (χ2v) is 6.36. The smallest absolute Gasteiger partial charge is 0.246 e. The third-order valence-electron chi connectivity index (χ3n) is 4.15. The lowest BCUT2D eigenvalue weighted by Gasteiger charge is -2.12. The highest BCUT2D eigenvalue weighted by atomic mass is 127. The fourth-order valence-electron chi connectivity index (χ4n) is 2.68. The summed E-state index contributed by atoms with van der Waals surface area (Å²) in [5.74, 6) is 1.69. The maximum absolute atomic E-state index is 5.90. The van der Waals surface area contributed by atoms with Crippen LogP contribution in [-0.2, 0) is 19.5 Å². The topological polar surface area (TPSA) is 75.3 Å². The van der Waals surface area contributed by atoms with Crippen LogP contribution in [0.1, 0.15) is 23.9 Å². The molecule has 2 N–H and O–H groups in total. The van der Waals surface area contributed by atoms with Crippen LogP contribution in [0.25, 0.3) is 11.4 Å². The van der Waals surface area contributed by atoms with E-state index in [-0.39, 0.29) is 24.0 Å². The Labute approximate surface area is 186 Å². The Bertz CT molecular complexity index is 911. The number of aryl methyl sites for hydroxylation is 1. The Balaban J connectivity index is 0.00000280. The average molecular weight is 512 g/mol. The Kier molecular flexibility index (Phi) is 8.72. The summed E-state index contributed by atoms with van der Waals surface area (Å²) in [6.45, 7) is 3.24. The van der Waals surface area contributed by atoms with Gasteiger partial charge in [0.1, 0.15) is 0 Å². The normalized spacial score (nSPS) is 11.0. The molecule has 0 saturated carbocycles. The minimum absolute atomic E-state index is 0. The number of nitrogens with one attached hydrogen (secondary N) is 2. The van der Waals surface area contributed by atoms with Gasteiger partial charge in [0.05, 0.1) is 6.54 Å². The highest BCUT2D eigenvalue weighted by Crippen LogP contribution is 2.18. The van der Waals surface area contributed by atoms with Gasteiger partial charge in [-0.15, -0.1) is 24.0 Å². The fraction of sp³-hybridized carbons (Fsp3) is 0.250. The molecule has 1 aromatic heterocycles. The summed E-state index contributed by atoms with van der Waals surface area (Å²) >= 11 is 5.90. The molecule has 3 rings (SSSR count). The molecule has 0 spiro atoms. The first-order chi connectivity index (χ1) is 13.2. The van der Waals surface area contributed by atoms with Gasteiger partial charge in [-0.1, -0.05) is 47.9 Å². The molecular formula is C20H23ClIN5O. The maximum Gasteiger partial charge on any atom is 0.246 e. The van der Waals surface area contributed by atoms with Crippen molar-refractivity contribution in [2.45, 2.75) is 26.4 Å². The van der Waals surface area contributed by atoms with Crippen molar-refractivity contribution in [3.05, 3.63) is 70.6 Å². The number of rotatable bonds is 6. The van der Waals surface area contributed by atoms with E-state index in [0.29, 0.717) is 35.8 Å². The first-order valence-corrected chi connectivity index (χ1v) is 9.17. The number of guanidine groups is 1. The lowest BCUT2D eigenvalue weighted by Crippen LogP contribution is -2.36. The highest BCUT2D eigenvalue weighted by Gasteiger charge is 2.09. The van der Waals surface area contributed by atoms with Crippen LogP contribution in [0.5, 0.6) is 0 Å². The number of hydrogen-bond donors (Lipinski definition) is 2. The molecule has 0 bridgehead atoms. The van der Waals surface area contributed by atoms with Crippen LogP contribution in [0.15, 0.2) is 58.0 Å². The van der Waals surface area contributed by atoms with E-state index in [1.54, 1.807) is 19.2 Å². The van der Waals surface area contributed by atoms with Crippen molar-refractivity contribution < 1.29 is 4.52 Å². The van der Waals surface area contributed by atoms with Crippen LogP contribution in [0.2, 0.25) is 5.02 Å². The molecule has 6 nitrogen and oxygen atoms in total. The Morgan fingerprint density at radius 1 is 1.04 bits per heavy atom. The molecule has 28 heavy (non-hydrogen) atoms. The van der Waals surface area contributed by atoms with Crippen LogP contribution in [0.3, 0.4) is 0 Å². The van der Waals surface area contributed by atoms with E-state index in [2.05, 4.69) is 50.9 Å². The van der Waals surface area contributed by atoms with Gasteiger partial charge >= 0.3 is 0 Å². The molecule has 2 aromatic carbocycles. The molecule has 3 aromatic rings. The highest BCUT2D eigenvalue weighted by molar-refractivity contribution is 14.0. The standard InChI is InChI=1S/C20H22ClN5O.HI/c1-3-14-6-4-5-7-16(14)12-23-20(22-2)24-13-18-25-19(26-27-18)15-8-10-17(21)11-9-15;/h4-11H,3,12-13H2,1-2H3,(H2,22,23,24);1H. The number of aliphatic imine (C=N–C) groups is 1. The van der Waals surface area contributed by atoms with Gasteiger partial charge in [0.15, 0.2) is 5.96 Å². The molecule has 0 aliphatic heterocycles. The first-order valence-electron chi connectivity index (χ1n) is 8.79. The molecule has 148 valence electrons. The predicted molar refractivity (Wildman–Crippen MR) is 123 cm³/mol. The number of aromatic nitrogens is 2. The largest absolute Gasteiger partial charge is 0.352 e.